The number of oxime groups is 1. The fraction of sp³-hybridized carbons (Fsp3) is 0.231. The van der Waals surface area contributed by atoms with Gasteiger partial charge in [0.15, 0.2) is 0 Å². The van der Waals surface area contributed by atoms with Crippen molar-refractivity contribution in [3.8, 4) is 0 Å². The van der Waals surface area contributed by atoms with Crippen LogP contribution in [0.5, 0.6) is 0 Å². The van der Waals surface area contributed by atoms with Crippen molar-refractivity contribution in [3.05, 3.63) is 35.9 Å². The van der Waals surface area contributed by atoms with Crippen LogP contribution in [-0.4, -0.2) is 23.0 Å². The Bertz CT molecular complexity index is 435. The van der Waals surface area contributed by atoms with Gasteiger partial charge < -0.3 is 5.21 Å². The molecule has 0 amide bonds. The maximum atomic E-state index is 10.9. The lowest BCUT2D eigenvalue weighted by Gasteiger charge is -1.97. The summed E-state index contributed by atoms with van der Waals surface area (Å²) in [5.74, 6) is -0.0276. The third-order valence-electron chi connectivity index (χ3n) is 2.14. The molecule has 0 radical (unpaired) electrons. The van der Waals surface area contributed by atoms with Gasteiger partial charge in [-0.2, -0.15) is 0 Å². The maximum Gasteiger partial charge on any atom is 0.135 e. The molecule has 0 atom stereocenters. The molecule has 0 heterocycles. The molecule has 4 heteroatoms. The molecule has 90 valence electrons. The Morgan fingerprint density at radius 1 is 1.41 bits per heavy atom. The van der Waals surface area contributed by atoms with Gasteiger partial charge in [0.25, 0.3) is 0 Å². The third kappa shape index (κ3) is 4.87. The molecule has 0 aliphatic rings. The van der Waals surface area contributed by atoms with E-state index in [0.29, 0.717) is 5.71 Å². The topological polar surface area (TPSA) is 49.7 Å². The molecule has 17 heavy (non-hydrogen) atoms. The van der Waals surface area contributed by atoms with Gasteiger partial charge in [-0.25, -0.2) is 0 Å². The van der Waals surface area contributed by atoms with Gasteiger partial charge in [0.2, 0.25) is 0 Å². The second-order valence-corrected chi connectivity index (χ2v) is 4.46. The van der Waals surface area contributed by atoms with E-state index in [1.54, 1.807) is 17.8 Å². The van der Waals surface area contributed by atoms with Crippen molar-refractivity contribution in [2.24, 2.45) is 5.16 Å². The second kappa shape index (κ2) is 6.91. The summed E-state index contributed by atoms with van der Waals surface area (Å²) in [6.45, 7) is 1.46. The van der Waals surface area contributed by atoms with Crippen LogP contribution in [0.25, 0.3) is 6.08 Å². The lowest BCUT2D eigenvalue weighted by Crippen LogP contribution is -2.01. The van der Waals surface area contributed by atoms with Crippen molar-refractivity contribution < 1.29 is 10.0 Å². The van der Waals surface area contributed by atoms with E-state index in [0.717, 1.165) is 5.56 Å². The lowest BCUT2D eigenvalue weighted by atomic mass is 10.1. The zero-order valence-corrected chi connectivity index (χ0v) is 10.7. The number of rotatable bonds is 5. The van der Waals surface area contributed by atoms with E-state index in [1.807, 2.05) is 36.6 Å². The first-order chi connectivity index (χ1) is 8.15. The van der Waals surface area contributed by atoms with E-state index in [-0.39, 0.29) is 12.2 Å². The van der Waals surface area contributed by atoms with E-state index in [2.05, 4.69) is 5.16 Å². The number of benzene rings is 1. The van der Waals surface area contributed by atoms with Crippen LogP contribution in [-0.2, 0) is 4.79 Å². The minimum absolute atomic E-state index is 0.0276. The SMILES string of the molecule is CSc1ccc(/C=C/C(CC(C)=O)=N\O)cc1. The summed E-state index contributed by atoms with van der Waals surface area (Å²) in [6.07, 6.45) is 5.64. The standard InChI is InChI=1S/C13H15NO2S/c1-10(15)9-12(14-16)6-3-11-4-7-13(17-2)8-5-11/h3-8,16H,9H2,1-2H3/b6-3+,14-12+. The third-order valence-corrected chi connectivity index (χ3v) is 2.89. The number of thioether (sulfide) groups is 1. The molecule has 0 fully saturated rings. The lowest BCUT2D eigenvalue weighted by molar-refractivity contribution is -0.115. The Hall–Kier alpha value is -1.55. The first-order valence-corrected chi connectivity index (χ1v) is 6.40. The molecule has 0 spiro atoms. The van der Waals surface area contributed by atoms with Gasteiger partial charge in [0, 0.05) is 4.90 Å². The minimum atomic E-state index is -0.0276. The molecule has 0 saturated heterocycles. The zero-order chi connectivity index (χ0) is 12.7. The summed E-state index contributed by atoms with van der Waals surface area (Å²) in [5, 5.41) is 11.8. The number of nitrogens with zero attached hydrogens (tertiary/aromatic N) is 1. The Morgan fingerprint density at radius 2 is 2.06 bits per heavy atom. The van der Waals surface area contributed by atoms with E-state index >= 15 is 0 Å². The Morgan fingerprint density at radius 3 is 2.53 bits per heavy atom. The average molecular weight is 249 g/mol. The fourth-order valence-electron chi connectivity index (χ4n) is 1.29. The Balaban J connectivity index is 2.71. The van der Waals surface area contributed by atoms with Crippen LogP contribution < -0.4 is 0 Å². The van der Waals surface area contributed by atoms with Crippen molar-refractivity contribution in [1.82, 2.24) is 0 Å². The van der Waals surface area contributed by atoms with Crippen molar-refractivity contribution in [2.75, 3.05) is 6.26 Å². The first kappa shape index (κ1) is 13.5. The highest BCUT2D eigenvalue weighted by molar-refractivity contribution is 7.98. The van der Waals surface area contributed by atoms with Crippen molar-refractivity contribution >= 4 is 29.3 Å². The highest BCUT2D eigenvalue weighted by atomic mass is 32.2. The summed E-state index contributed by atoms with van der Waals surface area (Å²) in [7, 11) is 0. The molecule has 3 nitrogen and oxygen atoms in total. The zero-order valence-electron chi connectivity index (χ0n) is 9.88. The van der Waals surface area contributed by atoms with Crippen molar-refractivity contribution in [3.63, 3.8) is 0 Å². The monoisotopic (exact) mass is 249 g/mol. The smallest absolute Gasteiger partial charge is 0.135 e. The van der Waals surface area contributed by atoms with Gasteiger partial charge >= 0.3 is 0 Å². The van der Waals surface area contributed by atoms with Gasteiger partial charge in [0.1, 0.15) is 5.78 Å². The molecule has 1 aromatic rings. The number of hydrogen-bond acceptors (Lipinski definition) is 4. The normalized spacial score (nSPS) is 12.0. The summed E-state index contributed by atoms with van der Waals surface area (Å²) in [6, 6.07) is 7.99. The molecule has 0 unspecified atom stereocenters. The van der Waals surface area contributed by atoms with Crippen LogP contribution in [0.1, 0.15) is 18.9 Å². The number of carbonyl (C=O) groups excluding carboxylic acids is 1. The predicted molar refractivity (Wildman–Crippen MR) is 71.8 cm³/mol. The van der Waals surface area contributed by atoms with Crippen LogP contribution in [0.3, 0.4) is 0 Å². The van der Waals surface area contributed by atoms with Gasteiger partial charge in [-0.15, -0.1) is 11.8 Å². The highest BCUT2D eigenvalue weighted by Crippen LogP contribution is 2.15. The van der Waals surface area contributed by atoms with Gasteiger partial charge in [-0.3, -0.25) is 4.79 Å². The molecule has 0 bridgehead atoms. The second-order valence-electron chi connectivity index (χ2n) is 3.58. The average Bonchev–Trinajstić information content (AvgIpc) is 2.34. The van der Waals surface area contributed by atoms with E-state index in [4.69, 9.17) is 5.21 Å². The van der Waals surface area contributed by atoms with Crippen LogP contribution in [0.2, 0.25) is 0 Å². The quantitative estimate of drug-likeness (QED) is 0.377. The molecule has 1 N–H and O–H groups in total. The largest absolute Gasteiger partial charge is 0.411 e. The predicted octanol–water partition coefficient (Wildman–Crippen LogP) is 3.23. The van der Waals surface area contributed by atoms with E-state index in [1.165, 1.54) is 11.8 Å². The van der Waals surface area contributed by atoms with Gasteiger partial charge in [-0.05, 0) is 37.0 Å². The van der Waals surface area contributed by atoms with E-state index in [9.17, 15) is 4.79 Å². The summed E-state index contributed by atoms with van der Waals surface area (Å²) < 4.78 is 0. The van der Waals surface area contributed by atoms with Crippen LogP contribution >= 0.6 is 11.8 Å². The molecule has 0 aromatic heterocycles. The summed E-state index contributed by atoms with van der Waals surface area (Å²) in [5.41, 5.74) is 1.37. The molecule has 0 saturated carbocycles. The molecule has 0 aliphatic carbocycles. The number of Topliss-reactive ketones (excluding diaryl/α,β-unsaturated/α-hetero) is 1. The summed E-state index contributed by atoms with van der Waals surface area (Å²) >= 11 is 1.68. The van der Waals surface area contributed by atoms with Crippen molar-refractivity contribution in [2.45, 2.75) is 18.2 Å². The first-order valence-electron chi connectivity index (χ1n) is 5.18. The molecular formula is C13H15NO2S. The van der Waals surface area contributed by atoms with E-state index < -0.39 is 0 Å². The number of ketones is 1. The molecular weight excluding hydrogens is 234 g/mol. The molecule has 0 aliphatic heterocycles. The fourth-order valence-corrected chi connectivity index (χ4v) is 1.70. The van der Waals surface area contributed by atoms with Crippen LogP contribution in [0.4, 0.5) is 0 Å². The van der Waals surface area contributed by atoms with Crippen LogP contribution in [0.15, 0.2) is 40.4 Å². The highest BCUT2D eigenvalue weighted by Gasteiger charge is 1.99. The number of hydrogen-bond donors (Lipinski definition) is 1. The van der Waals surface area contributed by atoms with Gasteiger partial charge in [0.05, 0.1) is 12.1 Å². The van der Waals surface area contributed by atoms with Crippen molar-refractivity contribution in [1.29, 1.82) is 0 Å². The minimum Gasteiger partial charge on any atom is -0.411 e. The maximum absolute atomic E-state index is 10.9. The number of allylic oxidation sites excluding steroid dienone is 1. The van der Waals surface area contributed by atoms with Gasteiger partial charge in [-0.1, -0.05) is 23.4 Å². The molecule has 1 rings (SSSR count). The van der Waals surface area contributed by atoms with Crippen LogP contribution in [0, 0.1) is 0 Å². The Labute approximate surface area is 105 Å². The molecule has 1 aromatic carbocycles. The Kier molecular flexibility index (Phi) is 5.49. The number of carbonyl (C=O) groups is 1. The summed E-state index contributed by atoms with van der Waals surface area (Å²) in [4.78, 5) is 12.1.